The van der Waals surface area contributed by atoms with Crippen molar-refractivity contribution in [2.75, 3.05) is 6.54 Å². The number of ether oxygens (including phenoxy) is 1. The molecule has 6 nitrogen and oxygen atoms in total. The Morgan fingerprint density at radius 3 is 2.25 bits per heavy atom. The highest BCUT2D eigenvalue weighted by molar-refractivity contribution is 6.74. The van der Waals surface area contributed by atoms with E-state index in [-0.39, 0.29) is 11.0 Å². The first kappa shape index (κ1) is 26.2. The standard InChI is InChI=1S/C25H41NO5Si/c1-17-16-26(22(29)30-23(2,3)4)20(21(27)28)15-25(17,8)18-12-11-13-19(14-18)31-32(9,10)24(5,6)7/h11-14,17,20H,15-16H2,1-10H3,(H,27,28)/t17?,20?,25-/m1/s1. The zero-order chi connectivity index (χ0) is 24.7. The maximum atomic E-state index is 12.8. The summed E-state index contributed by atoms with van der Waals surface area (Å²) in [6, 6.07) is 7.10. The first-order valence-electron chi connectivity index (χ1n) is 11.4. The van der Waals surface area contributed by atoms with Gasteiger partial charge in [0.25, 0.3) is 0 Å². The molecule has 0 radical (unpaired) electrons. The van der Waals surface area contributed by atoms with Gasteiger partial charge in [-0.2, -0.15) is 0 Å². The number of amides is 1. The number of hydrogen-bond donors (Lipinski definition) is 1. The van der Waals surface area contributed by atoms with Gasteiger partial charge in [-0.25, -0.2) is 9.59 Å². The molecule has 180 valence electrons. The van der Waals surface area contributed by atoms with Crippen molar-refractivity contribution in [1.29, 1.82) is 0 Å². The lowest BCUT2D eigenvalue weighted by Crippen LogP contribution is -2.58. The molecule has 1 aromatic carbocycles. The third-order valence-electron chi connectivity index (χ3n) is 7.14. The quantitative estimate of drug-likeness (QED) is 0.549. The average molecular weight is 464 g/mol. The van der Waals surface area contributed by atoms with Crippen molar-refractivity contribution < 1.29 is 23.9 Å². The van der Waals surface area contributed by atoms with Crippen LogP contribution in [0.3, 0.4) is 0 Å². The number of nitrogens with zero attached hydrogens (tertiary/aromatic N) is 1. The van der Waals surface area contributed by atoms with Crippen LogP contribution in [-0.4, -0.2) is 48.6 Å². The lowest BCUT2D eigenvalue weighted by atomic mass is 9.66. The molecular formula is C25H41NO5Si. The van der Waals surface area contributed by atoms with Crippen LogP contribution < -0.4 is 4.43 Å². The van der Waals surface area contributed by atoms with E-state index < -0.39 is 37.4 Å². The summed E-state index contributed by atoms with van der Waals surface area (Å²) in [5, 5.41) is 10.0. The summed E-state index contributed by atoms with van der Waals surface area (Å²) in [4.78, 5) is 26.3. The van der Waals surface area contributed by atoms with E-state index in [1.165, 1.54) is 4.90 Å². The molecule has 1 aliphatic heterocycles. The number of rotatable bonds is 4. The topological polar surface area (TPSA) is 76.1 Å². The van der Waals surface area contributed by atoms with E-state index in [1.807, 2.05) is 18.2 Å². The van der Waals surface area contributed by atoms with E-state index >= 15 is 0 Å². The lowest BCUT2D eigenvalue weighted by molar-refractivity contribution is -0.146. The number of carboxylic acid groups (broad SMARTS) is 1. The largest absolute Gasteiger partial charge is 0.543 e. The molecule has 1 fully saturated rings. The normalized spacial score (nSPS) is 24.8. The van der Waals surface area contributed by atoms with Crippen molar-refractivity contribution in [1.82, 2.24) is 4.90 Å². The molecule has 0 saturated carbocycles. The summed E-state index contributed by atoms with van der Waals surface area (Å²) in [7, 11) is -2.00. The van der Waals surface area contributed by atoms with Gasteiger partial charge < -0.3 is 14.3 Å². The predicted molar refractivity (Wildman–Crippen MR) is 130 cm³/mol. The van der Waals surface area contributed by atoms with Gasteiger partial charge in [-0.1, -0.05) is 46.8 Å². The van der Waals surface area contributed by atoms with E-state index in [0.29, 0.717) is 13.0 Å². The minimum atomic E-state index is -2.00. The molecule has 32 heavy (non-hydrogen) atoms. The fourth-order valence-electron chi connectivity index (χ4n) is 3.84. The second-order valence-electron chi connectivity index (χ2n) is 11.9. The molecule has 0 aliphatic carbocycles. The highest BCUT2D eigenvalue weighted by Gasteiger charge is 2.48. The Bertz CT molecular complexity index is 855. The van der Waals surface area contributed by atoms with Gasteiger partial charge in [0.15, 0.2) is 0 Å². The predicted octanol–water partition coefficient (Wildman–Crippen LogP) is 6.06. The summed E-state index contributed by atoms with van der Waals surface area (Å²) in [5.74, 6) is -0.152. The minimum absolute atomic E-state index is 0.0359. The van der Waals surface area contributed by atoms with Crippen LogP contribution >= 0.6 is 0 Å². The van der Waals surface area contributed by atoms with E-state index in [0.717, 1.165) is 11.3 Å². The maximum absolute atomic E-state index is 12.8. The molecule has 0 bridgehead atoms. The molecule has 3 atom stereocenters. The second-order valence-corrected chi connectivity index (χ2v) is 16.6. The number of benzene rings is 1. The molecule has 0 spiro atoms. The van der Waals surface area contributed by atoms with Crippen LogP contribution in [0.25, 0.3) is 0 Å². The Balaban J connectivity index is 2.36. The minimum Gasteiger partial charge on any atom is -0.543 e. The molecule has 1 amide bonds. The van der Waals surface area contributed by atoms with Gasteiger partial charge in [0.1, 0.15) is 17.4 Å². The maximum Gasteiger partial charge on any atom is 0.411 e. The number of carbonyl (C=O) groups is 2. The highest BCUT2D eigenvalue weighted by Crippen LogP contribution is 2.44. The fraction of sp³-hybridized carbons (Fsp3) is 0.680. The smallest absolute Gasteiger partial charge is 0.411 e. The SMILES string of the molecule is CC1CN(C(=O)OC(C)(C)C)C(C(=O)O)C[C@@]1(C)c1cccc(O[Si](C)(C)C(C)(C)C)c1. The van der Waals surface area contributed by atoms with Crippen LogP contribution in [0.2, 0.25) is 18.1 Å². The van der Waals surface area contributed by atoms with Crippen molar-refractivity contribution in [3.8, 4) is 5.75 Å². The Labute approximate surface area is 194 Å². The van der Waals surface area contributed by atoms with Gasteiger partial charge in [0.2, 0.25) is 8.32 Å². The van der Waals surface area contributed by atoms with Crippen molar-refractivity contribution in [3.63, 3.8) is 0 Å². The molecule has 1 heterocycles. The molecule has 2 unspecified atom stereocenters. The number of carboxylic acids is 1. The van der Waals surface area contributed by atoms with Crippen LogP contribution in [0.15, 0.2) is 24.3 Å². The van der Waals surface area contributed by atoms with Gasteiger partial charge in [-0.3, -0.25) is 4.90 Å². The molecular weight excluding hydrogens is 422 g/mol. The second kappa shape index (κ2) is 8.73. The first-order valence-corrected chi connectivity index (χ1v) is 14.3. The molecule has 0 aromatic heterocycles. The molecule has 1 aliphatic rings. The third-order valence-corrected chi connectivity index (χ3v) is 11.5. The molecule has 7 heteroatoms. The summed E-state index contributed by atoms with van der Waals surface area (Å²) in [6.07, 6.45) is -0.263. The van der Waals surface area contributed by atoms with E-state index in [4.69, 9.17) is 9.16 Å². The lowest BCUT2D eigenvalue weighted by Gasteiger charge is -2.48. The number of piperidine rings is 1. The van der Waals surface area contributed by atoms with Gasteiger partial charge in [-0.15, -0.1) is 0 Å². The summed E-state index contributed by atoms with van der Waals surface area (Å²) < 4.78 is 12.0. The Morgan fingerprint density at radius 1 is 1.16 bits per heavy atom. The van der Waals surface area contributed by atoms with Crippen LogP contribution in [0.4, 0.5) is 4.79 Å². The first-order chi connectivity index (χ1) is 14.4. The van der Waals surface area contributed by atoms with E-state index in [9.17, 15) is 14.7 Å². The third kappa shape index (κ3) is 5.66. The highest BCUT2D eigenvalue weighted by atomic mass is 28.4. The van der Waals surface area contributed by atoms with Crippen molar-refractivity contribution in [3.05, 3.63) is 29.8 Å². The van der Waals surface area contributed by atoms with Crippen LogP contribution in [0.5, 0.6) is 5.75 Å². The number of aliphatic carboxylic acids is 1. The zero-order valence-corrected chi connectivity index (χ0v) is 22.4. The summed E-state index contributed by atoms with van der Waals surface area (Å²) >= 11 is 0. The Morgan fingerprint density at radius 2 is 1.75 bits per heavy atom. The number of hydrogen-bond acceptors (Lipinski definition) is 4. The van der Waals surface area contributed by atoms with E-state index in [1.54, 1.807) is 20.8 Å². The van der Waals surface area contributed by atoms with Gasteiger partial charge in [0, 0.05) is 6.54 Å². The number of carbonyl (C=O) groups excluding carboxylic acids is 1. The number of likely N-dealkylation sites (tertiary alicyclic amines) is 1. The zero-order valence-electron chi connectivity index (χ0n) is 21.4. The van der Waals surface area contributed by atoms with Crippen LogP contribution in [0.1, 0.15) is 67.4 Å². The Kier molecular flexibility index (Phi) is 7.15. The Hall–Kier alpha value is -2.02. The summed E-state index contributed by atoms with van der Waals surface area (Å²) in [6.45, 7) is 20.9. The molecule has 1 saturated heterocycles. The van der Waals surface area contributed by atoms with Gasteiger partial charge >= 0.3 is 12.1 Å². The van der Waals surface area contributed by atoms with Gasteiger partial charge in [-0.05, 0) is 74.4 Å². The van der Waals surface area contributed by atoms with Crippen LogP contribution in [0, 0.1) is 5.92 Å². The fourth-order valence-corrected chi connectivity index (χ4v) is 4.87. The summed E-state index contributed by atoms with van der Waals surface area (Å²) in [5.41, 5.74) is -0.0650. The van der Waals surface area contributed by atoms with Crippen molar-refractivity contribution >= 4 is 20.4 Å². The van der Waals surface area contributed by atoms with Crippen molar-refractivity contribution in [2.24, 2.45) is 5.92 Å². The van der Waals surface area contributed by atoms with Crippen LogP contribution in [-0.2, 0) is 14.9 Å². The van der Waals surface area contributed by atoms with E-state index in [2.05, 4.69) is 53.8 Å². The molecule has 1 N–H and O–H groups in total. The van der Waals surface area contributed by atoms with Gasteiger partial charge in [0.05, 0.1) is 0 Å². The monoisotopic (exact) mass is 463 g/mol. The molecule has 2 rings (SSSR count). The average Bonchev–Trinajstić information content (AvgIpc) is 2.61. The van der Waals surface area contributed by atoms with Crippen molar-refractivity contribution in [2.45, 2.75) is 97.0 Å². The molecule has 1 aromatic rings.